The van der Waals surface area contributed by atoms with Gasteiger partial charge in [0.05, 0.1) is 12.2 Å². The summed E-state index contributed by atoms with van der Waals surface area (Å²) in [7, 11) is 0. The van der Waals surface area contributed by atoms with E-state index in [1.165, 1.54) is 12.8 Å². The van der Waals surface area contributed by atoms with Gasteiger partial charge in [-0.3, -0.25) is 4.79 Å². The summed E-state index contributed by atoms with van der Waals surface area (Å²) in [5.41, 5.74) is 0.921. The normalized spacial score (nSPS) is 15.4. The van der Waals surface area contributed by atoms with Crippen molar-refractivity contribution in [2.45, 2.75) is 25.5 Å². The number of hydrogen-bond acceptors (Lipinski definition) is 3. The fraction of sp³-hybridized carbons (Fsp3) is 0.500. The topological polar surface area (TPSA) is 54.1 Å². The van der Waals surface area contributed by atoms with E-state index >= 15 is 0 Å². The van der Waals surface area contributed by atoms with Gasteiger partial charge in [-0.2, -0.15) is 0 Å². The monoisotopic (exact) mass is 194 g/mol. The Morgan fingerprint density at radius 3 is 3.14 bits per heavy atom. The first-order chi connectivity index (χ1) is 6.84. The van der Waals surface area contributed by atoms with Crippen LogP contribution in [0.2, 0.25) is 0 Å². The number of carbonyl (C=O) groups is 1. The van der Waals surface area contributed by atoms with Crippen LogP contribution in [0.5, 0.6) is 0 Å². The first kappa shape index (κ1) is 9.27. The number of H-pyrrole nitrogens is 1. The third kappa shape index (κ3) is 2.88. The molecule has 0 aliphatic heterocycles. The number of hydrogen-bond donors (Lipinski definition) is 2. The van der Waals surface area contributed by atoms with Crippen LogP contribution in [0, 0.1) is 0 Å². The van der Waals surface area contributed by atoms with Gasteiger partial charge in [0.25, 0.3) is 0 Å². The molecule has 0 atom stereocenters. The number of rotatable bonds is 5. The molecule has 1 aliphatic rings. The number of nitrogens with one attached hydrogen (secondary N) is 2. The predicted molar refractivity (Wildman–Crippen MR) is 51.6 cm³/mol. The van der Waals surface area contributed by atoms with Gasteiger partial charge in [-0.15, -0.1) is 0 Å². The summed E-state index contributed by atoms with van der Waals surface area (Å²) < 4.78 is 5.03. The molecule has 0 radical (unpaired) electrons. The molecule has 0 aromatic carbocycles. The van der Waals surface area contributed by atoms with Crippen LogP contribution in [0.3, 0.4) is 0 Å². The maximum absolute atomic E-state index is 11.2. The van der Waals surface area contributed by atoms with Crippen LogP contribution < -0.4 is 5.32 Å². The van der Waals surface area contributed by atoms with E-state index in [0.717, 1.165) is 5.69 Å². The van der Waals surface area contributed by atoms with E-state index < -0.39 is 0 Å². The molecule has 2 N–H and O–H groups in total. The Bertz CT molecular complexity index is 291. The van der Waals surface area contributed by atoms with E-state index in [1.54, 1.807) is 0 Å². The summed E-state index contributed by atoms with van der Waals surface area (Å²) >= 11 is 0. The summed E-state index contributed by atoms with van der Waals surface area (Å²) in [6.45, 7) is 0.656. The van der Waals surface area contributed by atoms with E-state index in [2.05, 4.69) is 10.3 Å². The molecule has 0 unspecified atom stereocenters. The number of aromatic amines is 1. The van der Waals surface area contributed by atoms with Crippen molar-refractivity contribution in [3.05, 3.63) is 24.0 Å². The SMILES string of the molecule is O=C(CNC1CC1)OCc1ccc[nH]1. The van der Waals surface area contributed by atoms with Gasteiger partial charge in [0, 0.05) is 12.2 Å². The molecule has 1 aromatic heterocycles. The van der Waals surface area contributed by atoms with Crippen LogP contribution in [0.1, 0.15) is 18.5 Å². The zero-order chi connectivity index (χ0) is 9.80. The summed E-state index contributed by atoms with van der Waals surface area (Å²) in [5, 5.41) is 3.10. The van der Waals surface area contributed by atoms with E-state index in [9.17, 15) is 4.79 Å². The second kappa shape index (κ2) is 4.28. The number of aromatic nitrogens is 1. The molecule has 1 aromatic rings. The minimum absolute atomic E-state index is 0.188. The van der Waals surface area contributed by atoms with E-state index in [1.807, 2.05) is 18.3 Å². The molecule has 1 fully saturated rings. The molecule has 76 valence electrons. The van der Waals surface area contributed by atoms with Crippen LogP contribution in [-0.4, -0.2) is 23.5 Å². The lowest BCUT2D eigenvalue weighted by atomic mass is 10.5. The van der Waals surface area contributed by atoms with Gasteiger partial charge in [-0.1, -0.05) is 0 Å². The predicted octanol–water partition coefficient (Wildman–Crippen LogP) is 0.810. The van der Waals surface area contributed by atoms with Crippen molar-refractivity contribution < 1.29 is 9.53 Å². The number of ether oxygens (including phenoxy) is 1. The van der Waals surface area contributed by atoms with E-state index in [-0.39, 0.29) is 5.97 Å². The third-order valence-corrected chi connectivity index (χ3v) is 2.16. The summed E-state index contributed by atoms with van der Waals surface area (Å²) in [6.07, 6.45) is 4.18. The molecular formula is C10H14N2O2. The Morgan fingerprint density at radius 1 is 1.64 bits per heavy atom. The van der Waals surface area contributed by atoms with Crippen LogP contribution in [0.4, 0.5) is 0 Å². The standard InChI is InChI=1S/C10H14N2O2/c13-10(6-12-8-3-4-8)14-7-9-2-1-5-11-9/h1-2,5,8,11-12H,3-4,6-7H2. The average Bonchev–Trinajstić information content (AvgIpc) is 2.87. The van der Waals surface area contributed by atoms with Crippen LogP contribution >= 0.6 is 0 Å². The Hall–Kier alpha value is -1.29. The van der Waals surface area contributed by atoms with E-state index in [0.29, 0.717) is 19.2 Å². The molecule has 2 rings (SSSR count). The maximum Gasteiger partial charge on any atom is 0.320 e. The molecular weight excluding hydrogens is 180 g/mol. The lowest BCUT2D eigenvalue weighted by molar-refractivity contribution is -0.143. The van der Waals surface area contributed by atoms with Gasteiger partial charge in [0.15, 0.2) is 0 Å². The highest BCUT2D eigenvalue weighted by Crippen LogP contribution is 2.17. The molecule has 1 saturated carbocycles. The third-order valence-electron chi connectivity index (χ3n) is 2.16. The minimum Gasteiger partial charge on any atom is -0.458 e. The first-order valence-electron chi connectivity index (χ1n) is 4.86. The van der Waals surface area contributed by atoms with Crippen molar-refractivity contribution in [2.75, 3.05) is 6.54 Å². The second-order valence-corrected chi connectivity index (χ2v) is 3.51. The summed E-state index contributed by atoms with van der Waals surface area (Å²) in [4.78, 5) is 14.1. The van der Waals surface area contributed by atoms with Crippen molar-refractivity contribution in [3.63, 3.8) is 0 Å². The fourth-order valence-corrected chi connectivity index (χ4v) is 1.18. The minimum atomic E-state index is -0.188. The van der Waals surface area contributed by atoms with Crippen molar-refractivity contribution in [1.29, 1.82) is 0 Å². The Kier molecular flexibility index (Phi) is 2.84. The van der Waals surface area contributed by atoms with Gasteiger partial charge in [0.1, 0.15) is 6.61 Å². The van der Waals surface area contributed by atoms with Crippen molar-refractivity contribution in [3.8, 4) is 0 Å². The molecule has 0 saturated heterocycles. The maximum atomic E-state index is 11.2. The van der Waals surface area contributed by atoms with Gasteiger partial charge in [-0.05, 0) is 25.0 Å². The lowest BCUT2D eigenvalue weighted by Crippen LogP contribution is -2.26. The molecule has 1 aliphatic carbocycles. The quantitative estimate of drug-likeness (QED) is 0.682. The van der Waals surface area contributed by atoms with Crippen LogP contribution in [0.15, 0.2) is 18.3 Å². The highest BCUT2D eigenvalue weighted by atomic mass is 16.5. The first-order valence-corrected chi connectivity index (χ1v) is 4.86. The Morgan fingerprint density at radius 2 is 2.50 bits per heavy atom. The second-order valence-electron chi connectivity index (χ2n) is 3.51. The zero-order valence-electron chi connectivity index (χ0n) is 7.95. The van der Waals surface area contributed by atoms with Gasteiger partial charge < -0.3 is 15.0 Å². The van der Waals surface area contributed by atoms with Gasteiger partial charge in [0.2, 0.25) is 0 Å². The smallest absolute Gasteiger partial charge is 0.320 e. The summed E-state index contributed by atoms with van der Waals surface area (Å²) in [5.74, 6) is -0.188. The van der Waals surface area contributed by atoms with Gasteiger partial charge >= 0.3 is 5.97 Å². The highest BCUT2D eigenvalue weighted by Gasteiger charge is 2.21. The lowest BCUT2D eigenvalue weighted by Gasteiger charge is -2.03. The van der Waals surface area contributed by atoms with Crippen molar-refractivity contribution in [2.24, 2.45) is 0 Å². The van der Waals surface area contributed by atoms with Crippen LogP contribution in [-0.2, 0) is 16.1 Å². The molecule has 0 amide bonds. The molecule has 4 nitrogen and oxygen atoms in total. The average molecular weight is 194 g/mol. The number of esters is 1. The van der Waals surface area contributed by atoms with Crippen molar-refractivity contribution in [1.82, 2.24) is 10.3 Å². The zero-order valence-corrected chi connectivity index (χ0v) is 7.95. The fourth-order valence-electron chi connectivity index (χ4n) is 1.18. The van der Waals surface area contributed by atoms with Gasteiger partial charge in [-0.25, -0.2) is 0 Å². The van der Waals surface area contributed by atoms with Crippen LogP contribution in [0.25, 0.3) is 0 Å². The molecule has 0 spiro atoms. The molecule has 14 heavy (non-hydrogen) atoms. The largest absolute Gasteiger partial charge is 0.458 e. The summed E-state index contributed by atoms with van der Waals surface area (Å²) in [6, 6.07) is 4.32. The Labute approximate surface area is 82.6 Å². The van der Waals surface area contributed by atoms with E-state index in [4.69, 9.17) is 4.74 Å². The van der Waals surface area contributed by atoms with Crippen molar-refractivity contribution >= 4 is 5.97 Å². The molecule has 4 heteroatoms. The molecule has 0 bridgehead atoms. The highest BCUT2D eigenvalue weighted by molar-refractivity contribution is 5.71. The number of carbonyl (C=O) groups excluding carboxylic acids is 1. The molecule has 1 heterocycles. The Balaban J connectivity index is 1.62.